The Morgan fingerprint density at radius 1 is 1.27 bits per heavy atom. The van der Waals surface area contributed by atoms with Gasteiger partial charge in [-0.1, -0.05) is 6.07 Å². The zero-order valence-corrected chi connectivity index (χ0v) is 11.0. The molecule has 5 heteroatoms. The van der Waals surface area contributed by atoms with Gasteiger partial charge in [0.15, 0.2) is 0 Å². The molecule has 0 aliphatic carbocycles. The molecule has 0 aliphatic rings. The average Bonchev–Trinajstić information content (AvgIpc) is 2.70. The number of imidazole rings is 1. The highest BCUT2D eigenvalue weighted by Gasteiger charge is 2.03. The summed E-state index contributed by atoms with van der Waals surface area (Å²) in [4.78, 5) is 7.00. The number of hydrogen-bond donors (Lipinski definition) is 2. The van der Waals surface area contributed by atoms with Crippen molar-refractivity contribution in [1.29, 1.82) is 0 Å². The first-order valence-corrected chi connectivity index (χ1v) is 6.01. The molecule has 1 aromatic heterocycles. The lowest BCUT2D eigenvalue weighted by Crippen LogP contribution is -2.00. The molecule has 0 saturated heterocycles. The zero-order chi connectivity index (χ0) is 10.7. The van der Waals surface area contributed by atoms with Gasteiger partial charge in [-0.05, 0) is 44.0 Å². The average molecular weight is 331 g/mol. The highest BCUT2D eigenvalue weighted by Crippen LogP contribution is 2.30. The fourth-order valence-electron chi connectivity index (χ4n) is 1.23. The summed E-state index contributed by atoms with van der Waals surface area (Å²) in [5.41, 5.74) is 2.10. The van der Waals surface area contributed by atoms with Crippen LogP contribution in [0.15, 0.2) is 39.7 Å². The molecule has 1 heterocycles. The van der Waals surface area contributed by atoms with E-state index in [2.05, 4.69) is 47.1 Å². The number of nitrogens with zero attached hydrogens (tertiary/aromatic N) is 1. The van der Waals surface area contributed by atoms with Gasteiger partial charge in [0.05, 0.1) is 24.3 Å². The maximum absolute atomic E-state index is 3.96. The van der Waals surface area contributed by atoms with E-state index in [4.69, 9.17) is 0 Å². The van der Waals surface area contributed by atoms with Crippen molar-refractivity contribution in [3.8, 4) is 0 Å². The predicted octanol–water partition coefficient (Wildman–Crippen LogP) is 3.55. The quantitative estimate of drug-likeness (QED) is 0.903. The Labute approximate surface area is 105 Å². The van der Waals surface area contributed by atoms with Crippen LogP contribution in [0, 0.1) is 0 Å². The lowest BCUT2D eigenvalue weighted by atomic mass is 10.3. The van der Waals surface area contributed by atoms with Gasteiger partial charge < -0.3 is 10.3 Å². The van der Waals surface area contributed by atoms with Crippen molar-refractivity contribution in [2.45, 2.75) is 6.54 Å². The monoisotopic (exact) mass is 329 g/mol. The molecular formula is C10H9Br2N3. The summed E-state index contributed by atoms with van der Waals surface area (Å²) in [6, 6.07) is 5.98. The van der Waals surface area contributed by atoms with Crippen LogP contribution in [0.3, 0.4) is 0 Å². The first-order valence-electron chi connectivity index (χ1n) is 4.42. The molecule has 0 saturated carbocycles. The van der Waals surface area contributed by atoms with E-state index < -0.39 is 0 Å². The molecule has 78 valence electrons. The second kappa shape index (κ2) is 4.81. The van der Waals surface area contributed by atoms with Crippen molar-refractivity contribution in [3.63, 3.8) is 0 Å². The molecule has 0 aliphatic heterocycles. The van der Waals surface area contributed by atoms with Crippen LogP contribution in [-0.2, 0) is 6.54 Å². The van der Waals surface area contributed by atoms with Crippen molar-refractivity contribution >= 4 is 37.5 Å². The highest BCUT2D eigenvalue weighted by molar-refractivity contribution is 9.11. The number of benzene rings is 1. The first-order chi connectivity index (χ1) is 7.27. The molecular weight excluding hydrogens is 322 g/mol. The number of hydrogen-bond acceptors (Lipinski definition) is 2. The van der Waals surface area contributed by atoms with Crippen LogP contribution in [0.1, 0.15) is 5.69 Å². The summed E-state index contributed by atoms with van der Waals surface area (Å²) in [5, 5.41) is 3.32. The predicted molar refractivity (Wildman–Crippen MR) is 67.8 cm³/mol. The van der Waals surface area contributed by atoms with E-state index in [1.807, 2.05) is 18.2 Å². The Kier molecular flexibility index (Phi) is 3.43. The fraction of sp³-hybridized carbons (Fsp3) is 0.100. The third kappa shape index (κ3) is 2.60. The van der Waals surface area contributed by atoms with E-state index in [1.165, 1.54) is 0 Å². The van der Waals surface area contributed by atoms with Gasteiger partial charge in [0, 0.05) is 15.1 Å². The van der Waals surface area contributed by atoms with Crippen molar-refractivity contribution in [2.75, 3.05) is 5.32 Å². The molecule has 0 atom stereocenters. The largest absolute Gasteiger partial charge is 0.378 e. The summed E-state index contributed by atoms with van der Waals surface area (Å²) in [6.07, 6.45) is 3.48. The molecule has 0 radical (unpaired) electrons. The maximum Gasteiger partial charge on any atom is 0.0922 e. The third-order valence-electron chi connectivity index (χ3n) is 1.97. The number of aromatic amines is 1. The van der Waals surface area contributed by atoms with Crippen LogP contribution >= 0.6 is 31.9 Å². The number of para-hydroxylation sites is 1. The van der Waals surface area contributed by atoms with Crippen LogP contribution in [0.25, 0.3) is 0 Å². The molecule has 15 heavy (non-hydrogen) atoms. The zero-order valence-electron chi connectivity index (χ0n) is 7.80. The third-order valence-corrected chi connectivity index (χ3v) is 3.29. The van der Waals surface area contributed by atoms with Crippen LogP contribution in [-0.4, -0.2) is 9.97 Å². The minimum absolute atomic E-state index is 0.723. The van der Waals surface area contributed by atoms with Crippen LogP contribution < -0.4 is 5.32 Å². The second-order valence-corrected chi connectivity index (χ2v) is 4.74. The van der Waals surface area contributed by atoms with Crippen LogP contribution in [0.2, 0.25) is 0 Å². The Morgan fingerprint density at radius 3 is 2.60 bits per heavy atom. The van der Waals surface area contributed by atoms with Gasteiger partial charge in [-0.3, -0.25) is 0 Å². The van der Waals surface area contributed by atoms with E-state index in [0.717, 1.165) is 26.9 Å². The molecule has 1 aromatic carbocycles. The Balaban J connectivity index is 2.11. The van der Waals surface area contributed by atoms with E-state index in [-0.39, 0.29) is 0 Å². The number of nitrogens with one attached hydrogen (secondary N) is 2. The van der Waals surface area contributed by atoms with Crippen molar-refractivity contribution in [1.82, 2.24) is 9.97 Å². The number of anilines is 1. The molecule has 3 nitrogen and oxygen atoms in total. The molecule has 2 aromatic rings. The lowest BCUT2D eigenvalue weighted by Gasteiger charge is -2.09. The maximum atomic E-state index is 3.96. The van der Waals surface area contributed by atoms with E-state index in [1.54, 1.807) is 12.5 Å². The van der Waals surface area contributed by atoms with Gasteiger partial charge in [-0.2, -0.15) is 0 Å². The summed E-state index contributed by atoms with van der Waals surface area (Å²) < 4.78 is 2.08. The van der Waals surface area contributed by atoms with Crippen molar-refractivity contribution < 1.29 is 0 Å². The summed E-state index contributed by atoms with van der Waals surface area (Å²) in [6.45, 7) is 0.723. The standard InChI is InChI=1S/C10H9Br2N3/c11-8-2-1-3-9(12)10(8)14-5-7-4-13-6-15-7/h1-4,6,14H,5H2,(H,13,15). The van der Waals surface area contributed by atoms with Crippen molar-refractivity contribution in [2.24, 2.45) is 0 Å². The Bertz CT molecular complexity index is 420. The van der Waals surface area contributed by atoms with E-state index >= 15 is 0 Å². The van der Waals surface area contributed by atoms with E-state index in [9.17, 15) is 0 Å². The van der Waals surface area contributed by atoms with Crippen molar-refractivity contribution in [3.05, 3.63) is 45.4 Å². The van der Waals surface area contributed by atoms with Gasteiger partial charge in [-0.25, -0.2) is 4.98 Å². The van der Waals surface area contributed by atoms with Crippen LogP contribution in [0.5, 0.6) is 0 Å². The van der Waals surface area contributed by atoms with E-state index in [0.29, 0.717) is 0 Å². The molecule has 0 spiro atoms. The summed E-state index contributed by atoms with van der Waals surface area (Å²) in [7, 11) is 0. The first kappa shape index (κ1) is 10.7. The minimum Gasteiger partial charge on any atom is -0.378 e. The van der Waals surface area contributed by atoms with Gasteiger partial charge in [0.2, 0.25) is 0 Å². The smallest absolute Gasteiger partial charge is 0.0922 e. The molecule has 0 fully saturated rings. The molecule has 0 amide bonds. The Morgan fingerprint density at radius 2 is 2.00 bits per heavy atom. The molecule has 0 unspecified atom stereocenters. The molecule has 0 bridgehead atoms. The Hall–Kier alpha value is -0.810. The summed E-state index contributed by atoms with van der Waals surface area (Å²) >= 11 is 6.99. The van der Waals surface area contributed by atoms with Gasteiger partial charge in [0.1, 0.15) is 0 Å². The minimum atomic E-state index is 0.723. The van der Waals surface area contributed by atoms with Gasteiger partial charge in [-0.15, -0.1) is 0 Å². The topological polar surface area (TPSA) is 40.7 Å². The number of rotatable bonds is 3. The fourth-order valence-corrected chi connectivity index (χ4v) is 2.51. The molecule has 2 rings (SSSR count). The van der Waals surface area contributed by atoms with Gasteiger partial charge >= 0.3 is 0 Å². The SMILES string of the molecule is Brc1cccc(Br)c1NCc1cnc[nH]1. The number of aromatic nitrogens is 2. The number of H-pyrrole nitrogens is 1. The van der Waals surface area contributed by atoms with Gasteiger partial charge in [0.25, 0.3) is 0 Å². The van der Waals surface area contributed by atoms with Crippen LogP contribution in [0.4, 0.5) is 5.69 Å². The highest BCUT2D eigenvalue weighted by atomic mass is 79.9. The molecule has 2 N–H and O–H groups in total. The summed E-state index contributed by atoms with van der Waals surface area (Å²) in [5.74, 6) is 0. The number of halogens is 2. The normalized spacial score (nSPS) is 10.3. The lowest BCUT2D eigenvalue weighted by molar-refractivity contribution is 1.07. The second-order valence-electron chi connectivity index (χ2n) is 3.03.